The van der Waals surface area contributed by atoms with Crippen LogP contribution >= 0.6 is 32.9 Å². The topological polar surface area (TPSA) is 575 Å². The molecule has 8 amide bonds. The zero-order chi connectivity index (χ0) is 98.2. The van der Waals surface area contributed by atoms with E-state index in [2.05, 4.69) is 65.8 Å². The first-order valence-corrected chi connectivity index (χ1v) is 48.0. The number of aliphatic carboxylic acids is 4. The van der Waals surface area contributed by atoms with E-state index in [4.69, 9.17) is 25.1 Å². The number of thiazole rings is 1. The largest absolute Gasteiger partial charge is 0.508 e. The van der Waals surface area contributed by atoms with E-state index in [0.29, 0.717) is 35.6 Å². The fraction of sp³-hybridized carbons (Fsp3) is 0.576. The molecule has 4 aromatic rings. The molecule has 1 aromatic heterocycles. The molecule has 41 heteroatoms. The number of carbonyl (C=O) groups is 18. The minimum Gasteiger partial charge on any atom is -0.508 e. The van der Waals surface area contributed by atoms with Crippen molar-refractivity contribution in [1.82, 2.24) is 52.0 Å². The molecule has 0 saturated carbocycles. The molecule has 0 radical (unpaired) electrons. The van der Waals surface area contributed by atoms with Crippen LogP contribution in [0.1, 0.15) is 209 Å². The Bertz CT molecular complexity index is 4490. The fourth-order valence-corrected chi connectivity index (χ4v) is 18.0. The number of alkyl carbamates (subject to hydrolysis) is 1. The maximum absolute atomic E-state index is 15.1. The number of nitrogens with zero attached hydrogens (tertiary/aromatic N) is 3. The predicted octanol–water partition coefficient (Wildman–Crippen LogP) is 8.07. The standard InChI is InChI=1S/C92H129N11O27S3/c1-9-19-84(117)128-53-103(88(120)68(56(5)10-2)30-27-66-24-17-18-37-102(66)8)73(55(3)4)48-78(130-58(7)105)87-99-72(52-131-87)86(119)97-65(42-61-25-28-67(106)29-26-61)40-57(6)77(110)50-96-92(126)127-38-39-132-133-51-64(89(121)122)46-74(107)62(47-83(115)116)44-75(108)69(93)49-95-85(118)63(41-59-20-13-11-14-21-59)45-76(109)71(43-60-22-15-12-16-23-60)98-80(112)35-36-94-79(111)32-31-70(90(123)124)100-91(125)101-81(129-54-104)33-34-82(113)114/h11-16,20-23,25-26,28-29,52,54-57,62-66,68-71,73,78,81,106H,9-10,17-19,24,27,30-51,53,93H2,1-8H3,(H,94,111)(H,95,118)(H,96,126)(H,97,119)(H,98,112)(H,113,114)(H,115,116)(H,121,122)(H,123,124)(H2,100,101,125)/t56?,57-,62-,63+,64+,65+,66+,68-,69-,70-,71-,73+,78+,81+/m0/s1. The Labute approximate surface area is 785 Å². The number of likely N-dealkylation sites (tertiary alicyclic amines) is 1. The molecular formula is C92H129N11O27S3. The van der Waals surface area contributed by atoms with Crippen molar-refractivity contribution < 1.29 is 131 Å². The second-order valence-corrected chi connectivity index (χ2v) is 37.1. The Kier molecular flexibility index (Phi) is 50.5. The van der Waals surface area contributed by atoms with Gasteiger partial charge in [0.15, 0.2) is 36.4 Å². The molecule has 14 atom stereocenters. The van der Waals surface area contributed by atoms with E-state index in [-0.39, 0.29) is 123 Å². The highest BCUT2D eigenvalue weighted by atomic mass is 33.1. The van der Waals surface area contributed by atoms with Gasteiger partial charge in [-0.25, -0.2) is 19.4 Å². The summed E-state index contributed by atoms with van der Waals surface area (Å²) >= 11 is 1.07. The number of nitrogens with one attached hydrogen (secondary N) is 7. The molecule has 1 fully saturated rings. The van der Waals surface area contributed by atoms with E-state index in [9.17, 15) is 102 Å². The van der Waals surface area contributed by atoms with Crippen LogP contribution < -0.4 is 43.0 Å². The molecule has 1 unspecified atom stereocenters. The number of piperidine rings is 1. The summed E-state index contributed by atoms with van der Waals surface area (Å²) in [6.45, 7) is 11.7. The van der Waals surface area contributed by atoms with Gasteiger partial charge in [0.2, 0.25) is 23.6 Å². The van der Waals surface area contributed by atoms with Crippen molar-refractivity contribution in [3.63, 3.8) is 0 Å². The number of nitrogens with two attached hydrogens (primary N) is 1. The van der Waals surface area contributed by atoms with Gasteiger partial charge in [0.25, 0.3) is 12.4 Å². The van der Waals surface area contributed by atoms with Crippen LogP contribution in [0.25, 0.3) is 0 Å². The molecule has 38 nitrogen and oxygen atoms in total. The number of carboxylic acid groups (broad SMARTS) is 4. The van der Waals surface area contributed by atoms with Crippen molar-refractivity contribution in [2.75, 3.05) is 58.1 Å². The molecule has 1 saturated heterocycles. The number of amides is 8. The Morgan fingerprint density at radius 2 is 1.32 bits per heavy atom. The van der Waals surface area contributed by atoms with Gasteiger partial charge in [0.1, 0.15) is 34.9 Å². The Morgan fingerprint density at radius 3 is 1.93 bits per heavy atom. The second-order valence-electron chi connectivity index (χ2n) is 33.5. The van der Waals surface area contributed by atoms with E-state index in [1.54, 1.807) is 84.6 Å². The number of phenolic OH excluding ortho intramolecular Hbond substituents is 1. The van der Waals surface area contributed by atoms with Crippen LogP contribution in [-0.2, 0) is 110 Å². The molecule has 1 aliphatic heterocycles. The zero-order valence-electron chi connectivity index (χ0n) is 76.5. The highest BCUT2D eigenvalue weighted by molar-refractivity contribution is 8.76. The third-order valence-electron chi connectivity index (χ3n) is 22.8. The molecule has 0 aliphatic carbocycles. The van der Waals surface area contributed by atoms with Crippen molar-refractivity contribution in [2.45, 2.75) is 238 Å². The van der Waals surface area contributed by atoms with Crippen LogP contribution in [0.5, 0.6) is 5.75 Å². The molecule has 3 aromatic carbocycles. The summed E-state index contributed by atoms with van der Waals surface area (Å²) in [7, 11) is 4.19. The van der Waals surface area contributed by atoms with Crippen LogP contribution in [0.2, 0.25) is 0 Å². The first-order chi connectivity index (χ1) is 63.3. The Hall–Kier alpha value is -11.4. The van der Waals surface area contributed by atoms with Gasteiger partial charge in [0, 0.05) is 130 Å². The third-order valence-corrected chi connectivity index (χ3v) is 26.2. The molecule has 133 heavy (non-hydrogen) atoms. The van der Waals surface area contributed by atoms with Crippen LogP contribution in [0.3, 0.4) is 0 Å². The number of benzene rings is 3. The molecular weight excluding hydrogens is 1790 g/mol. The van der Waals surface area contributed by atoms with Crippen molar-refractivity contribution >= 4 is 140 Å². The van der Waals surface area contributed by atoms with E-state index < -0.39 is 225 Å². The maximum atomic E-state index is 15.1. The number of aromatic hydroxyl groups is 1. The Morgan fingerprint density at radius 1 is 0.654 bits per heavy atom. The monoisotopic (exact) mass is 1920 g/mol. The van der Waals surface area contributed by atoms with Gasteiger partial charge >= 0.3 is 47.9 Å². The van der Waals surface area contributed by atoms with Gasteiger partial charge in [-0.05, 0) is 118 Å². The number of urea groups is 1. The molecule has 5 rings (SSSR count). The number of carbonyl (C=O) groups excluding carboxylic acids is 14. The zero-order valence-corrected chi connectivity index (χ0v) is 78.9. The molecule has 0 bridgehead atoms. The molecule has 0 spiro atoms. The average Bonchev–Trinajstić information content (AvgIpc) is 1.80. The van der Waals surface area contributed by atoms with Gasteiger partial charge in [-0.15, -0.1) is 11.3 Å². The number of hydrogen-bond donors (Lipinski definition) is 13. The molecule has 2 heterocycles. The number of Topliss-reactive ketones (excluding diaryl/α,β-unsaturated/α-hetero) is 4. The van der Waals surface area contributed by atoms with Crippen LogP contribution in [0.15, 0.2) is 90.3 Å². The number of ketones is 4. The summed E-state index contributed by atoms with van der Waals surface area (Å²) in [5.41, 5.74) is 8.18. The first kappa shape index (κ1) is 112. The van der Waals surface area contributed by atoms with E-state index in [1.807, 2.05) is 27.7 Å². The summed E-state index contributed by atoms with van der Waals surface area (Å²) in [6.07, 6.45) is -2.03. The quantitative estimate of drug-likeness (QED) is 0.00496. The second kappa shape index (κ2) is 59.9. The number of rotatable bonds is 65. The number of aromatic nitrogens is 1. The predicted molar refractivity (Wildman–Crippen MR) is 491 cm³/mol. The lowest BCUT2D eigenvalue weighted by atomic mass is 9.83. The lowest BCUT2D eigenvalue weighted by molar-refractivity contribution is -0.161. The number of ether oxygens (including phenoxy) is 4. The lowest BCUT2D eigenvalue weighted by Gasteiger charge is -2.39. The SMILES string of the molecule is CCCC(=O)OCN(C(=O)[C@@H](CC[C@H]1CCCCN1C)C(C)CC)[C@H](C[C@@H](OC(C)=O)c1nc(C(=O)N[C@@H](Cc2ccc(O)cc2)C[C@H](C)C(=O)CNC(=O)OCCSSC[C@@H](CC(=O)[C@H](CC(=O)O)CC(=O)[C@@H](N)CNC(=O)[C@@H](CC(=O)[C@H](Cc2ccccc2)NC(=O)CCNC(=O)CC[C@H](NC(=O)N[C@@H](CCC(=O)O)OC=O)C(=O)O)Cc2ccccc2)C(=O)O)cs1)C(C)C. The molecule has 732 valence electrons. The number of esters is 2. The van der Waals surface area contributed by atoms with E-state index in [0.717, 1.165) is 71.6 Å². The van der Waals surface area contributed by atoms with Gasteiger partial charge in [-0.2, -0.15) is 0 Å². The van der Waals surface area contributed by atoms with Gasteiger partial charge in [-0.1, -0.05) is 149 Å². The smallest absolute Gasteiger partial charge is 0.407 e. The van der Waals surface area contributed by atoms with Gasteiger partial charge in [-0.3, -0.25) is 71.9 Å². The van der Waals surface area contributed by atoms with E-state index >= 15 is 4.79 Å². The number of carboxylic acids is 4. The normalized spacial score (nSPS) is 15.5. The molecule has 1 aliphatic rings. The van der Waals surface area contributed by atoms with Crippen LogP contribution in [0.4, 0.5) is 9.59 Å². The first-order valence-electron chi connectivity index (χ1n) is 44.6. The summed E-state index contributed by atoms with van der Waals surface area (Å²) in [5.74, 6) is -18.2. The van der Waals surface area contributed by atoms with Crippen molar-refractivity contribution in [2.24, 2.45) is 47.2 Å². The van der Waals surface area contributed by atoms with E-state index in [1.165, 1.54) is 24.4 Å². The number of hydrogen-bond acceptors (Lipinski definition) is 29. The summed E-state index contributed by atoms with van der Waals surface area (Å²) < 4.78 is 21.7. The Balaban J connectivity index is 1.13. The summed E-state index contributed by atoms with van der Waals surface area (Å²) in [5, 5.41) is 67.9. The minimum absolute atomic E-state index is 0.00350. The van der Waals surface area contributed by atoms with Crippen LogP contribution in [0, 0.1) is 41.4 Å². The minimum atomic E-state index is -1.64. The maximum Gasteiger partial charge on any atom is 0.407 e. The van der Waals surface area contributed by atoms with Crippen molar-refractivity contribution in [3.8, 4) is 5.75 Å². The van der Waals surface area contributed by atoms with Gasteiger partial charge < -0.3 is 97.2 Å². The fourth-order valence-electron chi connectivity index (χ4n) is 15.0. The lowest BCUT2D eigenvalue weighted by Crippen LogP contribution is -2.50. The summed E-state index contributed by atoms with van der Waals surface area (Å²) in [6, 6.07) is 16.7. The molecule has 14 N–H and O–H groups in total. The van der Waals surface area contributed by atoms with Gasteiger partial charge in [0.05, 0.1) is 37.4 Å². The average molecular weight is 1920 g/mol. The highest BCUT2D eigenvalue weighted by Gasteiger charge is 2.40. The van der Waals surface area contributed by atoms with Crippen molar-refractivity contribution in [3.05, 3.63) is 118 Å². The highest BCUT2D eigenvalue weighted by Crippen LogP contribution is 2.36. The number of phenols is 1. The van der Waals surface area contributed by atoms with Crippen LogP contribution in [-0.4, -0.2) is 248 Å². The summed E-state index contributed by atoms with van der Waals surface area (Å²) in [4.78, 5) is 244. The van der Waals surface area contributed by atoms with Crippen molar-refractivity contribution in [1.29, 1.82) is 0 Å². The third kappa shape index (κ3) is 42.6.